The quantitative estimate of drug-likeness (QED) is 0.248. The van der Waals surface area contributed by atoms with E-state index in [1.54, 1.807) is 0 Å². The Morgan fingerprint density at radius 3 is 2.67 bits per heavy atom. The minimum atomic E-state index is -4.85. The van der Waals surface area contributed by atoms with Crippen LogP contribution >= 0.6 is 7.82 Å². The van der Waals surface area contributed by atoms with Crippen molar-refractivity contribution in [3.05, 3.63) is 42.0 Å². The molecule has 16 heteroatoms. The van der Waals surface area contributed by atoms with Crippen molar-refractivity contribution in [3.63, 3.8) is 0 Å². The molecule has 0 radical (unpaired) electrons. The Hall–Kier alpha value is -3.04. The maximum absolute atomic E-state index is 13.9. The molecule has 3 heterocycles. The third kappa shape index (κ3) is 4.69. The summed E-state index contributed by atoms with van der Waals surface area (Å²) in [6, 6.07) is 5.17. The fourth-order valence-corrected chi connectivity index (χ4v) is 3.57. The van der Waals surface area contributed by atoms with E-state index in [0.29, 0.717) is 0 Å². The van der Waals surface area contributed by atoms with Crippen LogP contribution in [0.3, 0.4) is 0 Å². The summed E-state index contributed by atoms with van der Waals surface area (Å²) < 4.78 is 35.6. The second-order valence-electron chi connectivity index (χ2n) is 6.96. The molecule has 3 aromatic rings. The van der Waals surface area contributed by atoms with E-state index < -0.39 is 62.5 Å². The molecule has 1 aliphatic heterocycles. The summed E-state index contributed by atoms with van der Waals surface area (Å²) in [5.74, 6) is -2.73. The molecule has 4 rings (SSSR count). The lowest BCUT2D eigenvalue weighted by Crippen LogP contribution is -2.33. The number of benzene rings is 1. The molecular formula is C17H17FN5O9P. The van der Waals surface area contributed by atoms with Crippen molar-refractivity contribution >= 4 is 30.8 Å². The number of anilines is 1. The third-order valence-corrected chi connectivity index (χ3v) is 5.25. The predicted molar refractivity (Wildman–Crippen MR) is 105 cm³/mol. The molecule has 0 spiro atoms. The van der Waals surface area contributed by atoms with Gasteiger partial charge in [-0.05, 0) is 12.1 Å². The molecule has 0 saturated carbocycles. The number of fused-ring (bicyclic) bond motifs is 1. The molecule has 14 nitrogen and oxygen atoms in total. The fourth-order valence-electron chi connectivity index (χ4n) is 3.23. The SMILES string of the molecule is O=C(Nc1nc(O)c2ncn([C@@H]3O[C@H](COP(=O)(O)O)[C@H](O)[C@H]3O)c2n1)c1ccccc1F. The minimum absolute atomic E-state index is 0.126. The summed E-state index contributed by atoms with van der Waals surface area (Å²) >= 11 is 0. The van der Waals surface area contributed by atoms with Gasteiger partial charge in [0.25, 0.3) is 5.91 Å². The Labute approximate surface area is 183 Å². The van der Waals surface area contributed by atoms with Gasteiger partial charge in [-0.1, -0.05) is 12.1 Å². The molecule has 6 N–H and O–H groups in total. The van der Waals surface area contributed by atoms with Gasteiger partial charge in [0.05, 0.1) is 18.5 Å². The second-order valence-corrected chi connectivity index (χ2v) is 8.20. The number of halogens is 1. The van der Waals surface area contributed by atoms with E-state index in [9.17, 15) is 29.1 Å². The number of carbonyl (C=O) groups is 1. The first-order valence-electron chi connectivity index (χ1n) is 9.26. The lowest BCUT2D eigenvalue weighted by atomic mass is 10.1. The van der Waals surface area contributed by atoms with E-state index in [1.165, 1.54) is 18.2 Å². The fraction of sp³-hybridized carbons (Fsp3) is 0.294. The summed E-state index contributed by atoms with van der Waals surface area (Å²) in [6.45, 7) is -0.726. The van der Waals surface area contributed by atoms with Crippen LogP contribution in [-0.4, -0.2) is 75.5 Å². The largest absolute Gasteiger partial charge is 0.492 e. The van der Waals surface area contributed by atoms with Crippen LogP contribution in [0.4, 0.5) is 10.3 Å². The highest BCUT2D eigenvalue weighted by Crippen LogP contribution is 2.39. The van der Waals surface area contributed by atoms with Crippen molar-refractivity contribution < 1.29 is 48.1 Å². The van der Waals surface area contributed by atoms with Crippen LogP contribution < -0.4 is 5.32 Å². The Bertz CT molecular complexity index is 1250. The molecule has 0 bridgehead atoms. The second kappa shape index (κ2) is 8.72. The monoisotopic (exact) mass is 485 g/mol. The van der Waals surface area contributed by atoms with E-state index in [2.05, 4.69) is 24.8 Å². The molecule has 1 amide bonds. The van der Waals surface area contributed by atoms with Crippen molar-refractivity contribution in [3.8, 4) is 5.88 Å². The number of ether oxygens (including phenoxy) is 1. The number of rotatable bonds is 6. The van der Waals surface area contributed by atoms with Crippen LogP contribution in [-0.2, 0) is 13.8 Å². The number of phosphoric acid groups is 1. The van der Waals surface area contributed by atoms with Crippen LogP contribution in [0.5, 0.6) is 5.88 Å². The predicted octanol–water partition coefficient (Wildman–Crippen LogP) is -0.348. The first kappa shape index (κ1) is 23.1. The van der Waals surface area contributed by atoms with Gasteiger partial charge in [-0.2, -0.15) is 9.97 Å². The van der Waals surface area contributed by atoms with Crippen LogP contribution in [0.1, 0.15) is 16.6 Å². The number of carbonyl (C=O) groups excluding carboxylic acids is 1. The summed E-state index contributed by atoms with van der Waals surface area (Å²) in [6.07, 6.45) is -4.74. The first-order chi connectivity index (χ1) is 15.5. The van der Waals surface area contributed by atoms with E-state index in [-0.39, 0.29) is 16.7 Å². The highest BCUT2D eigenvalue weighted by atomic mass is 31.2. The summed E-state index contributed by atoms with van der Waals surface area (Å²) in [5.41, 5.74) is -0.557. The van der Waals surface area contributed by atoms with Crippen molar-refractivity contribution in [1.82, 2.24) is 19.5 Å². The summed E-state index contributed by atoms with van der Waals surface area (Å²) in [7, 11) is -4.85. The van der Waals surface area contributed by atoms with Gasteiger partial charge in [-0.15, -0.1) is 0 Å². The van der Waals surface area contributed by atoms with Crippen LogP contribution in [0.2, 0.25) is 0 Å². The standard InChI is InChI=1S/C17H17FN5O9P/c18-8-4-2-1-3-7(8)14(26)21-17-20-13-10(15(27)22-17)19-6-23(13)16-12(25)11(24)9(32-16)5-31-33(28,29)30/h1-4,6,9,11-12,16,24-25H,5H2,(H2,28,29,30)(H2,20,21,22,26,27)/t9-,11+,12-,16-/m1/s1. The highest BCUT2D eigenvalue weighted by molar-refractivity contribution is 7.46. The summed E-state index contributed by atoms with van der Waals surface area (Å²) in [4.78, 5) is 41.7. The third-order valence-electron chi connectivity index (χ3n) is 4.77. The molecule has 1 fully saturated rings. The van der Waals surface area contributed by atoms with Crippen molar-refractivity contribution in [1.29, 1.82) is 0 Å². The molecular weight excluding hydrogens is 468 g/mol. The zero-order valence-electron chi connectivity index (χ0n) is 16.4. The number of aromatic hydroxyl groups is 1. The van der Waals surface area contributed by atoms with Gasteiger partial charge in [-0.25, -0.2) is 13.9 Å². The first-order valence-corrected chi connectivity index (χ1v) is 10.8. The molecule has 0 unspecified atom stereocenters. The maximum atomic E-state index is 13.9. The number of aliphatic hydroxyl groups excluding tert-OH is 2. The van der Waals surface area contributed by atoms with E-state index in [1.807, 2.05) is 0 Å². The van der Waals surface area contributed by atoms with E-state index >= 15 is 0 Å². The average Bonchev–Trinajstić information content (AvgIpc) is 3.28. The van der Waals surface area contributed by atoms with Gasteiger partial charge in [0.2, 0.25) is 11.8 Å². The molecule has 2 aromatic heterocycles. The lowest BCUT2D eigenvalue weighted by Gasteiger charge is -2.17. The Morgan fingerprint density at radius 2 is 1.97 bits per heavy atom. The maximum Gasteiger partial charge on any atom is 0.469 e. The number of amides is 1. The van der Waals surface area contributed by atoms with Gasteiger partial charge in [0, 0.05) is 0 Å². The number of aliphatic hydroxyl groups is 2. The van der Waals surface area contributed by atoms with Crippen molar-refractivity contribution in [2.24, 2.45) is 0 Å². The van der Waals surface area contributed by atoms with Crippen LogP contribution in [0.15, 0.2) is 30.6 Å². The molecule has 1 saturated heterocycles. The topological polar surface area (TPSA) is 209 Å². The van der Waals surface area contributed by atoms with Gasteiger partial charge >= 0.3 is 7.82 Å². The normalized spacial score (nSPS) is 23.2. The van der Waals surface area contributed by atoms with Gasteiger partial charge in [0.15, 0.2) is 17.4 Å². The van der Waals surface area contributed by atoms with Gasteiger partial charge < -0.3 is 29.8 Å². The van der Waals surface area contributed by atoms with Crippen LogP contribution in [0.25, 0.3) is 11.2 Å². The Morgan fingerprint density at radius 1 is 1.24 bits per heavy atom. The number of phosphoric ester groups is 1. The zero-order valence-corrected chi connectivity index (χ0v) is 17.3. The smallest absolute Gasteiger partial charge is 0.469 e. The average molecular weight is 485 g/mol. The Balaban J connectivity index is 1.62. The lowest BCUT2D eigenvalue weighted by molar-refractivity contribution is -0.0503. The van der Waals surface area contributed by atoms with Crippen LogP contribution in [0, 0.1) is 5.82 Å². The molecule has 1 aliphatic rings. The van der Waals surface area contributed by atoms with Gasteiger partial charge in [-0.3, -0.25) is 19.2 Å². The molecule has 33 heavy (non-hydrogen) atoms. The van der Waals surface area contributed by atoms with E-state index in [0.717, 1.165) is 17.0 Å². The number of aromatic nitrogens is 4. The zero-order chi connectivity index (χ0) is 23.9. The summed E-state index contributed by atoms with van der Waals surface area (Å²) in [5, 5.41) is 32.9. The molecule has 0 aliphatic carbocycles. The molecule has 4 atom stereocenters. The number of hydrogen-bond donors (Lipinski definition) is 6. The number of nitrogens with one attached hydrogen (secondary N) is 1. The molecule has 1 aromatic carbocycles. The molecule has 176 valence electrons. The van der Waals surface area contributed by atoms with Crippen molar-refractivity contribution in [2.75, 3.05) is 11.9 Å². The highest BCUT2D eigenvalue weighted by Gasteiger charge is 2.45. The van der Waals surface area contributed by atoms with E-state index in [4.69, 9.17) is 14.5 Å². The minimum Gasteiger partial charge on any atom is -0.492 e. The number of hydrogen-bond acceptors (Lipinski definition) is 10. The van der Waals surface area contributed by atoms with Gasteiger partial charge in [0.1, 0.15) is 24.1 Å². The number of nitrogens with zero attached hydrogens (tertiary/aromatic N) is 4. The Kier molecular flexibility index (Phi) is 6.11. The van der Waals surface area contributed by atoms with Crippen molar-refractivity contribution in [2.45, 2.75) is 24.5 Å². The number of imidazole rings is 1.